The second-order valence-electron chi connectivity index (χ2n) is 5.34. The number of benzene rings is 1. The van der Waals surface area contributed by atoms with E-state index in [2.05, 4.69) is 38.2 Å². The van der Waals surface area contributed by atoms with E-state index in [1.807, 2.05) is 0 Å². The van der Waals surface area contributed by atoms with Crippen LogP contribution in [0.4, 0.5) is 5.69 Å². The highest BCUT2D eigenvalue weighted by atomic mass is 32.2. The Morgan fingerprint density at radius 3 is 2.06 bits per heavy atom. The Morgan fingerprint density at radius 1 is 1.06 bits per heavy atom. The Kier molecular flexibility index (Phi) is 3.66. The van der Waals surface area contributed by atoms with Crippen LogP contribution in [-0.4, -0.2) is 26.0 Å². The van der Waals surface area contributed by atoms with Gasteiger partial charge >= 0.3 is 0 Å². The quantitative estimate of drug-likeness (QED) is 0.896. The lowest BCUT2D eigenvalue weighted by Gasteiger charge is -2.26. The van der Waals surface area contributed by atoms with Crippen LogP contribution in [0.1, 0.15) is 29.5 Å². The van der Waals surface area contributed by atoms with Crippen molar-refractivity contribution in [3.63, 3.8) is 0 Å². The first-order chi connectivity index (χ1) is 8.37. The molecule has 0 radical (unpaired) electrons. The fourth-order valence-corrected chi connectivity index (χ4v) is 4.14. The molecule has 0 aromatic heterocycles. The highest BCUT2D eigenvalue weighted by Gasteiger charge is 2.23. The van der Waals surface area contributed by atoms with Gasteiger partial charge in [0.25, 0.3) is 0 Å². The standard InChI is InChI=1S/C14H21NO2S/c1-10-8-11(2)14(12(3)9-10)15-13-4-6-18(16,17)7-5-13/h8-9,13,15H,4-7H2,1-3H3. The first kappa shape index (κ1) is 13.4. The molecule has 4 heteroatoms. The minimum Gasteiger partial charge on any atom is -0.382 e. The summed E-state index contributed by atoms with van der Waals surface area (Å²) in [5.41, 5.74) is 4.91. The fraction of sp³-hybridized carbons (Fsp3) is 0.571. The predicted octanol–water partition coefficient (Wildman–Crippen LogP) is 2.60. The summed E-state index contributed by atoms with van der Waals surface area (Å²) in [6.07, 6.45) is 1.43. The Morgan fingerprint density at radius 2 is 1.56 bits per heavy atom. The summed E-state index contributed by atoms with van der Waals surface area (Å²) in [7, 11) is -2.77. The molecule has 3 nitrogen and oxygen atoms in total. The van der Waals surface area contributed by atoms with E-state index in [1.54, 1.807) is 0 Å². The SMILES string of the molecule is Cc1cc(C)c(NC2CCS(=O)(=O)CC2)c(C)c1. The third-order valence-electron chi connectivity index (χ3n) is 3.58. The van der Waals surface area contributed by atoms with Gasteiger partial charge in [0.05, 0.1) is 11.5 Å². The first-order valence-corrected chi connectivity index (χ1v) is 8.24. The van der Waals surface area contributed by atoms with Crippen LogP contribution in [0.2, 0.25) is 0 Å². The number of hydrogen-bond acceptors (Lipinski definition) is 3. The summed E-state index contributed by atoms with van der Waals surface area (Å²) >= 11 is 0. The third-order valence-corrected chi connectivity index (χ3v) is 5.30. The van der Waals surface area contributed by atoms with Gasteiger partial charge in [0.15, 0.2) is 0 Å². The molecule has 0 atom stereocenters. The van der Waals surface area contributed by atoms with Gasteiger partial charge in [0.2, 0.25) is 0 Å². The molecule has 1 N–H and O–H groups in total. The lowest BCUT2D eigenvalue weighted by Crippen LogP contribution is -2.32. The average molecular weight is 267 g/mol. The third kappa shape index (κ3) is 3.05. The molecule has 1 aliphatic heterocycles. The molecule has 1 aromatic carbocycles. The van der Waals surface area contributed by atoms with Crippen LogP contribution in [0, 0.1) is 20.8 Å². The van der Waals surface area contributed by atoms with Crippen LogP contribution in [0.5, 0.6) is 0 Å². The van der Waals surface area contributed by atoms with E-state index in [0.717, 1.165) is 12.8 Å². The van der Waals surface area contributed by atoms with Gasteiger partial charge in [0, 0.05) is 11.7 Å². The Hall–Kier alpha value is -1.03. The molecular weight excluding hydrogens is 246 g/mol. The number of anilines is 1. The van der Waals surface area contributed by atoms with Crippen molar-refractivity contribution < 1.29 is 8.42 Å². The number of rotatable bonds is 2. The molecule has 1 saturated heterocycles. The summed E-state index contributed by atoms with van der Waals surface area (Å²) in [5, 5.41) is 3.52. The van der Waals surface area contributed by atoms with Crippen LogP contribution in [0.25, 0.3) is 0 Å². The second-order valence-corrected chi connectivity index (χ2v) is 7.65. The molecule has 18 heavy (non-hydrogen) atoms. The summed E-state index contributed by atoms with van der Waals surface area (Å²) in [6.45, 7) is 6.29. The van der Waals surface area contributed by atoms with Gasteiger partial charge in [-0.2, -0.15) is 0 Å². The zero-order valence-corrected chi connectivity index (χ0v) is 12.1. The van der Waals surface area contributed by atoms with Crippen LogP contribution >= 0.6 is 0 Å². The molecule has 1 aliphatic rings. The molecule has 0 unspecified atom stereocenters. The highest BCUT2D eigenvalue weighted by Crippen LogP contribution is 2.25. The van der Waals surface area contributed by atoms with Crippen molar-refractivity contribution in [2.45, 2.75) is 39.7 Å². The van der Waals surface area contributed by atoms with Gasteiger partial charge in [-0.25, -0.2) is 8.42 Å². The van der Waals surface area contributed by atoms with Crippen LogP contribution < -0.4 is 5.32 Å². The second kappa shape index (κ2) is 4.92. The largest absolute Gasteiger partial charge is 0.382 e. The van der Waals surface area contributed by atoms with Crippen molar-refractivity contribution in [2.24, 2.45) is 0 Å². The summed E-state index contributed by atoms with van der Waals surface area (Å²) in [6, 6.07) is 4.61. The fourth-order valence-electron chi connectivity index (χ4n) is 2.65. The maximum atomic E-state index is 11.4. The van der Waals surface area contributed by atoms with E-state index in [1.165, 1.54) is 22.4 Å². The molecule has 2 rings (SSSR count). The molecule has 100 valence electrons. The minimum atomic E-state index is -2.77. The zero-order chi connectivity index (χ0) is 13.3. The predicted molar refractivity (Wildman–Crippen MR) is 76.0 cm³/mol. The summed E-state index contributed by atoms with van der Waals surface area (Å²) in [5.74, 6) is 0.628. The van der Waals surface area contributed by atoms with E-state index in [4.69, 9.17) is 0 Å². The van der Waals surface area contributed by atoms with E-state index in [9.17, 15) is 8.42 Å². The van der Waals surface area contributed by atoms with Crippen molar-refractivity contribution in [3.05, 3.63) is 28.8 Å². The van der Waals surface area contributed by atoms with Crippen molar-refractivity contribution >= 4 is 15.5 Å². The Balaban J connectivity index is 2.11. The van der Waals surface area contributed by atoms with E-state index in [0.29, 0.717) is 11.5 Å². The van der Waals surface area contributed by atoms with E-state index in [-0.39, 0.29) is 6.04 Å². The van der Waals surface area contributed by atoms with Crippen molar-refractivity contribution in [1.82, 2.24) is 0 Å². The molecule has 0 saturated carbocycles. The minimum absolute atomic E-state index is 0.286. The molecule has 0 bridgehead atoms. The van der Waals surface area contributed by atoms with Gasteiger partial charge in [-0.15, -0.1) is 0 Å². The smallest absolute Gasteiger partial charge is 0.150 e. The topological polar surface area (TPSA) is 46.2 Å². The maximum Gasteiger partial charge on any atom is 0.150 e. The molecule has 0 aliphatic carbocycles. The lowest BCUT2D eigenvalue weighted by molar-refractivity contribution is 0.559. The zero-order valence-electron chi connectivity index (χ0n) is 11.3. The number of aryl methyl sites for hydroxylation is 3. The number of hydrogen-bond donors (Lipinski definition) is 1. The first-order valence-electron chi connectivity index (χ1n) is 6.42. The van der Waals surface area contributed by atoms with Gasteiger partial charge < -0.3 is 5.32 Å². The molecule has 0 spiro atoms. The number of sulfone groups is 1. The van der Waals surface area contributed by atoms with E-state index < -0.39 is 9.84 Å². The van der Waals surface area contributed by atoms with Crippen molar-refractivity contribution in [1.29, 1.82) is 0 Å². The monoisotopic (exact) mass is 267 g/mol. The maximum absolute atomic E-state index is 11.4. The van der Waals surface area contributed by atoms with Gasteiger partial charge in [0.1, 0.15) is 9.84 Å². The molecule has 1 heterocycles. The number of nitrogens with one attached hydrogen (secondary N) is 1. The van der Waals surface area contributed by atoms with Crippen LogP contribution in [-0.2, 0) is 9.84 Å². The molecule has 1 fully saturated rings. The molecule has 0 amide bonds. The molecule has 1 aromatic rings. The Labute approximate surface area is 110 Å². The Bertz CT molecular complexity index is 512. The van der Waals surface area contributed by atoms with Gasteiger partial charge in [-0.05, 0) is 44.7 Å². The molecular formula is C14H21NO2S. The normalized spacial score (nSPS) is 19.7. The summed E-state index contributed by atoms with van der Waals surface area (Å²) < 4.78 is 22.8. The van der Waals surface area contributed by atoms with Crippen molar-refractivity contribution in [3.8, 4) is 0 Å². The van der Waals surface area contributed by atoms with Crippen LogP contribution in [0.15, 0.2) is 12.1 Å². The van der Waals surface area contributed by atoms with Crippen molar-refractivity contribution in [2.75, 3.05) is 16.8 Å². The van der Waals surface area contributed by atoms with Gasteiger partial charge in [-0.1, -0.05) is 17.7 Å². The van der Waals surface area contributed by atoms with Gasteiger partial charge in [-0.3, -0.25) is 0 Å². The average Bonchev–Trinajstić information content (AvgIpc) is 2.25. The van der Waals surface area contributed by atoms with E-state index >= 15 is 0 Å². The lowest BCUT2D eigenvalue weighted by atomic mass is 10.0. The van der Waals surface area contributed by atoms with Crippen LogP contribution in [0.3, 0.4) is 0 Å². The highest BCUT2D eigenvalue weighted by molar-refractivity contribution is 7.91. The summed E-state index contributed by atoms with van der Waals surface area (Å²) in [4.78, 5) is 0.